The Morgan fingerprint density at radius 2 is 1.76 bits per heavy atom. The molecular formula is C24H25N5O4S. The molecule has 2 heterocycles. The molecule has 0 aliphatic carbocycles. The Bertz CT molecular complexity index is 1250. The molecule has 34 heavy (non-hydrogen) atoms. The van der Waals surface area contributed by atoms with Crippen molar-refractivity contribution in [1.29, 1.82) is 10.5 Å². The number of aryl methyl sites for hydroxylation is 1. The number of ether oxygens (including phenoxy) is 1. The molecule has 10 heteroatoms. The van der Waals surface area contributed by atoms with Crippen LogP contribution in [0.15, 0.2) is 47.4 Å². The van der Waals surface area contributed by atoms with E-state index in [9.17, 15) is 18.5 Å². The van der Waals surface area contributed by atoms with Crippen LogP contribution in [0.3, 0.4) is 0 Å². The van der Waals surface area contributed by atoms with Gasteiger partial charge in [-0.1, -0.05) is 17.7 Å². The molecule has 2 bridgehead atoms. The van der Waals surface area contributed by atoms with E-state index in [2.05, 4.69) is 15.7 Å². The van der Waals surface area contributed by atoms with E-state index in [0.29, 0.717) is 43.1 Å². The Morgan fingerprint density at radius 3 is 2.38 bits per heavy atom. The second-order valence-corrected chi connectivity index (χ2v) is 10.2. The zero-order valence-electron chi connectivity index (χ0n) is 18.8. The number of nitrogens with one attached hydrogen (secondary N) is 1. The molecule has 0 spiro atoms. The molecule has 2 fully saturated rings. The van der Waals surface area contributed by atoms with E-state index in [-0.39, 0.29) is 17.0 Å². The number of fused-ring (bicyclic) bond motifs is 2. The Morgan fingerprint density at radius 1 is 1.09 bits per heavy atom. The number of hydrogen-bond acceptors (Lipinski definition) is 7. The minimum absolute atomic E-state index is 0.0600. The zero-order chi connectivity index (χ0) is 24.3. The molecule has 2 aliphatic rings. The van der Waals surface area contributed by atoms with Crippen LogP contribution in [0.5, 0.6) is 5.75 Å². The minimum atomic E-state index is -3.93. The number of likely N-dealkylation sites (tertiary alicyclic amines) is 1. The molecular weight excluding hydrogens is 454 g/mol. The summed E-state index contributed by atoms with van der Waals surface area (Å²) in [4.78, 5) is 16.7. The summed E-state index contributed by atoms with van der Waals surface area (Å²) in [6, 6.07) is 14.8. The maximum Gasteiger partial charge on any atom is 0.331 e. The molecule has 2 unspecified atom stereocenters. The van der Waals surface area contributed by atoms with Crippen molar-refractivity contribution in [1.82, 2.24) is 14.5 Å². The van der Waals surface area contributed by atoms with Crippen LogP contribution in [0.1, 0.15) is 29.5 Å². The summed E-state index contributed by atoms with van der Waals surface area (Å²) >= 11 is 0. The highest BCUT2D eigenvalue weighted by atomic mass is 32.2. The lowest BCUT2D eigenvalue weighted by Crippen LogP contribution is -2.58. The fraction of sp³-hybridized carbons (Fsp3) is 0.375. The van der Waals surface area contributed by atoms with Gasteiger partial charge >= 0.3 is 6.03 Å². The number of nitrogens with zero attached hydrogens (tertiary/aromatic N) is 4. The summed E-state index contributed by atoms with van der Waals surface area (Å²) in [5.74, 6) is 0.438. The molecule has 4 rings (SSSR count). The molecule has 0 radical (unpaired) electrons. The second kappa shape index (κ2) is 9.72. The lowest BCUT2D eigenvalue weighted by molar-refractivity contribution is 0.0725. The van der Waals surface area contributed by atoms with Gasteiger partial charge in [0.25, 0.3) is 10.0 Å². The van der Waals surface area contributed by atoms with E-state index in [0.717, 1.165) is 18.4 Å². The SMILES string of the molecule is Cc1ccc(S(=O)(=O)NC(=O)N2CC3CCC(C2)N3CCOc2ccc(C#N)cc2C#N)cc1. The van der Waals surface area contributed by atoms with Crippen molar-refractivity contribution in [2.75, 3.05) is 26.2 Å². The predicted molar refractivity (Wildman–Crippen MR) is 123 cm³/mol. The Kier molecular flexibility index (Phi) is 6.73. The first-order valence-electron chi connectivity index (χ1n) is 11.0. The quantitative estimate of drug-likeness (QED) is 0.674. The first kappa shape index (κ1) is 23.6. The van der Waals surface area contributed by atoms with Crippen molar-refractivity contribution in [2.45, 2.75) is 36.7 Å². The van der Waals surface area contributed by atoms with Crippen LogP contribution >= 0.6 is 0 Å². The first-order chi connectivity index (χ1) is 16.3. The van der Waals surface area contributed by atoms with E-state index in [1.807, 2.05) is 13.0 Å². The maximum atomic E-state index is 12.7. The molecule has 0 aromatic heterocycles. The molecule has 0 saturated carbocycles. The smallest absolute Gasteiger partial charge is 0.331 e. The minimum Gasteiger partial charge on any atom is -0.491 e. The summed E-state index contributed by atoms with van der Waals surface area (Å²) in [5.41, 5.74) is 1.66. The van der Waals surface area contributed by atoms with Gasteiger partial charge in [0.15, 0.2) is 0 Å². The number of benzene rings is 2. The monoisotopic (exact) mass is 479 g/mol. The Labute approximate surface area is 199 Å². The normalized spacial score (nSPS) is 19.8. The molecule has 9 nitrogen and oxygen atoms in total. The van der Waals surface area contributed by atoms with Gasteiger partial charge < -0.3 is 9.64 Å². The number of sulfonamides is 1. The highest BCUT2D eigenvalue weighted by Gasteiger charge is 2.41. The van der Waals surface area contributed by atoms with Crippen molar-refractivity contribution in [3.8, 4) is 17.9 Å². The highest BCUT2D eigenvalue weighted by Crippen LogP contribution is 2.30. The third-order valence-electron chi connectivity index (χ3n) is 6.31. The van der Waals surface area contributed by atoms with Crippen LogP contribution in [-0.2, 0) is 10.0 Å². The Hall–Kier alpha value is -3.60. The van der Waals surface area contributed by atoms with Gasteiger partial charge in [0.1, 0.15) is 18.4 Å². The van der Waals surface area contributed by atoms with Gasteiger partial charge in [-0.2, -0.15) is 10.5 Å². The molecule has 176 valence electrons. The molecule has 2 saturated heterocycles. The summed E-state index contributed by atoms with van der Waals surface area (Å²) in [5, 5.41) is 18.3. The average Bonchev–Trinajstić information content (AvgIpc) is 3.05. The number of urea groups is 1. The van der Waals surface area contributed by atoms with Gasteiger partial charge in [-0.25, -0.2) is 17.9 Å². The van der Waals surface area contributed by atoms with Crippen molar-refractivity contribution < 1.29 is 17.9 Å². The van der Waals surface area contributed by atoms with E-state index in [1.165, 1.54) is 18.2 Å². The first-order valence-corrected chi connectivity index (χ1v) is 12.5. The summed E-state index contributed by atoms with van der Waals surface area (Å²) in [7, 11) is -3.93. The van der Waals surface area contributed by atoms with Crippen molar-refractivity contribution in [3.63, 3.8) is 0 Å². The third kappa shape index (κ3) is 4.98. The van der Waals surface area contributed by atoms with Crippen molar-refractivity contribution >= 4 is 16.1 Å². The molecule has 1 N–H and O–H groups in total. The van der Waals surface area contributed by atoms with Crippen LogP contribution in [0, 0.1) is 29.6 Å². The standard InChI is InChI=1S/C24H25N5O4S/c1-17-2-7-22(8-3-17)34(31,32)27-24(30)28-15-20-5-6-21(16-28)29(20)10-11-33-23-9-4-18(13-25)12-19(23)14-26/h2-4,7-9,12,20-21H,5-6,10-11,15-16H2,1H3,(H,27,30). The molecule has 2 aliphatic heterocycles. The molecule has 2 amide bonds. The maximum absolute atomic E-state index is 12.7. The van der Waals surface area contributed by atoms with Crippen LogP contribution < -0.4 is 9.46 Å². The topological polar surface area (TPSA) is 127 Å². The lowest BCUT2D eigenvalue weighted by atomic mass is 10.1. The van der Waals surface area contributed by atoms with Crippen LogP contribution in [0.25, 0.3) is 0 Å². The van der Waals surface area contributed by atoms with E-state index < -0.39 is 16.1 Å². The van der Waals surface area contributed by atoms with Crippen LogP contribution in [-0.4, -0.2) is 62.6 Å². The molecule has 2 atom stereocenters. The lowest BCUT2D eigenvalue weighted by Gasteiger charge is -2.40. The van der Waals surface area contributed by atoms with Gasteiger partial charge in [-0.15, -0.1) is 0 Å². The highest BCUT2D eigenvalue weighted by molar-refractivity contribution is 7.90. The number of carbonyl (C=O) groups is 1. The largest absolute Gasteiger partial charge is 0.491 e. The number of rotatable bonds is 6. The average molecular weight is 480 g/mol. The third-order valence-corrected chi connectivity index (χ3v) is 7.65. The van der Waals surface area contributed by atoms with Crippen molar-refractivity contribution in [3.05, 3.63) is 59.2 Å². The van der Waals surface area contributed by atoms with Gasteiger partial charge in [0, 0.05) is 31.7 Å². The number of amides is 2. The van der Waals surface area contributed by atoms with Crippen LogP contribution in [0.2, 0.25) is 0 Å². The summed E-state index contributed by atoms with van der Waals surface area (Å²) in [6.07, 6.45) is 1.83. The molecule has 2 aromatic rings. The second-order valence-electron chi connectivity index (χ2n) is 8.53. The molecule has 2 aromatic carbocycles. The van der Waals surface area contributed by atoms with Crippen LogP contribution in [0.4, 0.5) is 4.79 Å². The van der Waals surface area contributed by atoms with Gasteiger partial charge in [0.2, 0.25) is 0 Å². The number of hydrogen-bond donors (Lipinski definition) is 1. The van der Waals surface area contributed by atoms with E-state index in [1.54, 1.807) is 29.2 Å². The predicted octanol–water partition coefficient (Wildman–Crippen LogP) is 2.36. The zero-order valence-corrected chi connectivity index (χ0v) is 19.6. The fourth-order valence-corrected chi connectivity index (χ4v) is 5.52. The number of nitriles is 2. The summed E-state index contributed by atoms with van der Waals surface area (Å²) in [6.45, 7) is 3.72. The van der Waals surface area contributed by atoms with E-state index >= 15 is 0 Å². The fourth-order valence-electron chi connectivity index (χ4n) is 4.55. The summed E-state index contributed by atoms with van der Waals surface area (Å²) < 4.78 is 33.2. The number of carbonyl (C=O) groups excluding carboxylic acids is 1. The van der Waals surface area contributed by atoms with E-state index in [4.69, 9.17) is 10.00 Å². The van der Waals surface area contributed by atoms with Gasteiger partial charge in [-0.3, -0.25) is 4.90 Å². The van der Waals surface area contributed by atoms with Gasteiger partial charge in [0.05, 0.1) is 22.1 Å². The Balaban J connectivity index is 1.33. The van der Waals surface area contributed by atoms with Gasteiger partial charge in [-0.05, 0) is 50.1 Å². The van der Waals surface area contributed by atoms with Crippen molar-refractivity contribution in [2.24, 2.45) is 0 Å². The number of piperazine rings is 1.